The number of methoxy groups -OCH3 is 1. The third-order valence-corrected chi connectivity index (χ3v) is 4.26. The molecule has 0 atom stereocenters. The van der Waals surface area contributed by atoms with Crippen molar-refractivity contribution in [2.75, 3.05) is 98.3 Å². The van der Waals surface area contributed by atoms with Crippen molar-refractivity contribution in [2.45, 2.75) is 0 Å². The predicted octanol–water partition coefficient (Wildman–Crippen LogP) is 1.19. The summed E-state index contributed by atoms with van der Waals surface area (Å²) in [6, 6.07) is 3.41. The number of nitrogens with zero attached hydrogens (tertiary/aromatic N) is 2. The average molecular weight is 520 g/mol. The van der Waals surface area contributed by atoms with E-state index in [-0.39, 0.29) is 36.8 Å². The van der Waals surface area contributed by atoms with Gasteiger partial charge in [0.15, 0.2) is 0 Å². The lowest BCUT2D eigenvalue weighted by molar-refractivity contribution is -0.393. The van der Waals surface area contributed by atoms with Crippen molar-refractivity contribution < 1.29 is 47.8 Å². The van der Waals surface area contributed by atoms with Crippen LogP contribution in [0.15, 0.2) is 18.2 Å². The van der Waals surface area contributed by atoms with Crippen molar-refractivity contribution in [3.8, 4) is 0 Å². The van der Waals surface area contributed by atoms with Gasteiger partial charge in [0, 0.05) is 12.6 Å². The van der Waals surface area contributed by atoms with Crippen molar-refractivity contribution in [1.29, 1.82) is 0 Å². The van der Waals surface area contributed by atoms with Crippen LogP contribution < -0.4 is 5.32 Å². The number of hydrogen-bond donors (Lipinski definition) is 1. The fourth-order valence-corrected chi connectivity index (χ4v) is 2.51. The Kier molecular flexibility index (Phi) is 17.5. The number of nitrogens with one attached hydrogen (secondary N) is 1. The van der Waals surface area contributed by atoms with E-state index < -0.39 is 15.8 Å². The first-order chi connectivity index (χ1) is 17.5. The molecule has 1 rings (SSSR count). The second kappa shape index (κ2) is 20.3. The van der Waals surface area contributed by atoms with Crippen molar-refractivity contribution in [1.82, 2.24) is 0 Å². The summed E-state index contributed by atoms with van der Waals surface area (Å²) in [4.78, 5) is 31.3. The third-order valence-electron chi connectivity index (χ3n) is 4.26. The van der Waals surface area contributed by atoms with E-state index in [1.54, 1.807) is 0 Å². The molecule has 204 valence electrons. The van der Waals surface area contributed by atoms with Crippen LogP contribution in [0.2, 0.25) is 0 Å². The normalized spacial score (nSPS) is 10.8. The molecule has 0 spiro atoms. The first kappa shape index (κ1) is 31.1. The van der Waals surface area contributed by atoms with Gasteiger partial charge in [-0.25, -0.2) is 4.79 Å². The Morgan fingerprint density at radius 1 is 0.750 bits per heavy atom. The molecule has 0 aliphatic heterocycles. The molecule has 36 heavy (non-hydrogen) atoms. The van der Waals surface area contributed by atoms with E-state index >= 15 is 0 Å². The molecule has 0 saturated heterocycles. The number of anilines is 1. The molecule has 1 aromatic rings. The Hall–Kier alpha value is -2.95. The van der Waals surface area contributed by atoms with Crippen LogP contribution in [0.1, 0.15) is 0 Å². The van der Waals surface area contributed by atoms with Crippen LogP contribution >= 0.6 is 0 Å². The third kappa shape index (κ3) is 15.1. The molecule has 15 heteroatoms. The Morgan fingerprint density at radius 2 is 1.22 bits per heavy atom. The van der Waals surface area contributed by atoms with E-state index in [2.05, 4.69) is 10.1 Å². The van der Waals surface area contributed by atoms with Gasteiger partial charge >= 0.3 is 5.97 Å². The van der Waals surface area contributed by atoms with Crippen LogP contribution in [0.3, 0.4) is 0 Å². The summed E-state index contributed by atoms with van der Waals surface area (Å²) < 4.78 is 36.2. The number of nitro groups is 2. The Bertz CT molecular complexity index is 781. The summed E-state index contributed by atoms with van der Waals surface area (Å²) in [5.74, 6) is -0.431. The first-order valence-electron chi connectivity index (χ1n) is 11.2. The van der Waals surface area contributed by atoms with Gasteiger partial charge in [-0.05, 0) is 6.07 Å². The molecule has 0 bridgehead atoms. The Morgan fingerprint density at radius 3 is 1.67 bits per heavy atom. The van der Waals surface area contributed by atoms with Gasteiger partial charge in [-0.1, -0.05) is 0 Å². The number of carbonyl (C=O) groups is 1. The highest BCUT2D eigenvalue weighted by Gasteiger charge is 2.18. The largest absolute Gasteiger partial charge is 0.467 e. The molecule has 0 fully saturated rings. The molecule has 0 aromatic heterocycles. The number of non-ortho nitro benzene ring substituents is 1. The van der Waals surface area contributed by atoms with E-state index in [0.717, 1.165) is 6.07 Å². The highest BCUT2D eigenvalue weighted by Crippen LogP contribution is 2.28. The second-order valence-corrected chi connectivity index (χ2v) is 6.83. The maximum Gasteiger partial charge on any atom is 0.331 e. The molecule has 0 aliphatic rings. The van der Waals surface area contributed by atoms with Crippen molar-refractivity contribution in [3.63, 3.8) is 0 Å². The minimum atomic E-state index is -0.687. The minimum Gasteiger partial charge on any atom is -0.467 e. The van der Waals surface area contributed by atoms with Crippen molar-refractivity contribution in [2.24, 2.45) is 0 Å². The number of rotatable bonds is 23. The zero-order valence-electron chi connectivity index (χ0n) is 20.2. The zero-order chi connectivity index (χ0) is 26.4. The Labute approximate surface area is 208 Å². The minimum absolute atomic E-state index is 0.0947. The fraction of sp³-hybridized carbons (Fsp3) is 0.667. The van der Waals surface area contributed by atoms with Crippen LogP contribution in [0, 0.1) is 20.2 Å². The summed E-state index contributed by atoms with van der Waals surface area (Å²) in [5.41, 5.74) is -0.536. The smallest absolute Gasteiger partial charge is 0.331 e. The summed E-state index contributed by atoms with van der Waals surface area (Å²) >= 11 is 0. The number of hydrogen-bond acceptors (Lipinski definition) is 13. The molecule has 0 radical (unpaired) electrons. The van der Waals surface area contributed by atoms with Gasteiger partial charge in [0.1, 0.15) is 12.3 Å². The number of carbonyl (C=O) groups excluding carboxylic acids is 1. The van der Waals surface area contributed by atoms with Crippen LogP contribution in [0.4, 0.5) is 17.1 Å². The average Bonchev–Trinajstić information content (AvgIpc) is 2.87. The molecule has 1 N–H and O–H groups in total. The van der Waals surface area contributed by atoms with E-state index in [9.17, 15) is 25.0 Å². The van der Waals surface area contributed by atoms with E-state index in [1.165, 1.54) is 19.2 Å². The highest BCUT2D eigenvalue weighted by atomic mass is 16.6. The van der Waals surface area contributed by atoms with E-state index in [1.807, 2.05) is 0 Å². The highest BCUT2D eigenvalue weighted by molar-refractivity contribution is 5.70. The maximum atomic E-state index is 11.1. The van der Waals surface area contributed by atoms with E-state index in [0.29, 0.717) is 66.1 Å². The van der Waals surface area contributed by atoms with Gasteiger partial charge in [-0.3, -0.25) is 20.2 Å². The molecular formula is C21H33N3O12. The van der Waals surface area contributed by atoms with Gasteiger partial charge in [0.2, 0.25) is 0 Å². The molecule has 0 amide bonds. The number of nitro benzene ring substituents is 2. The predicted molar refractivity (Wildman–Crippen MR) is 125 cm³/mol. The molecule has 0 heterocycles. The SMILES string of the molecule is COC(=O)COCCOCCOCCOCCOCCOCCNc1ccc([N+](=O)[O-])cc1[N+](=O)[O-]. The first-order valence-corrected chi connectivity index (χ1v) is 11.2. The summed E-state index contributed by atoms with van der Waals surface area (Å²) in [5, 5.41) is 24.7. The fourth-order valence-electron chi connectivity index (χ4n) is 2.51. The Balaban J connectivity index is 1.88. The molecule has 15 nitrogen and oxygen atoms in total. The molecule has 0 aliphatic carbocycles. The molecular weight excluding hydrogens is 486 g/mol. The standard InChI is InChI=1S/C21H33N3O12/c1-30-21(25)17-36-15-14-35-13-12-34-11-10-33-9-8-32-7-6-31-5-4-22-19-3-2-18(23(26)27)16-20(19)24(28)29/h2-3,16,22H,4-15,17H2,1H3. The van der Waals surface area contributed by atoms with Crippen LogP contribution in [-0.2, 0) is 38.0 Å². The number of benzene rings is 1. The molecule has 1 aromatic carbocycles. The van der Waals surface area contributed by atoms with E-state index in [4.69, 9.17) is 28.4 Å². The van der Waals surface area contributed by atoms with Crippen LogP contribution in [0.5, 0.6) is 0 Å². The van der Waals surface area contributed by atoms with Gasteiger partial charge in [0.05, 0.1) is 95.7 Å². The topological polar surface area (TPSA) is 180 Å². The van der Waals surface area contributed by atoms with Crippen molar-refractivity contribution in [3.05, 3.63) is 38.4 Å². The maximum absolute atomic E-state index is 11.1. The second-order valence-electron chi connectivity index (χ2n) is 6.83. The van der Waals surface area contributed by atoms with Crippen LogP contribution in [-0.4, -0.2) is 109 Å². The number of esters is 1. The molecule has 0 unspecified atom stereocenters. The van der Waals surface area contributed by atoms with Gasteiger partial charge in [-0.15, -0.1) is 0 Å². The summed E-state index contributed by atoms with van der Waals surface area (Å²) in [6.45, 7) is 4.28. The van der Waals surface area contributed by atoms with Gasteiger partial charge < -0.3 is 38.5 Å². The van der Waals surface area contributed by atoms with Crippen LogP contribution in [0.25, 0.3) is 0 Å². The van der Waals surface area contributed by atoms with Crippen molar-refractivity contribution >= 4 is 23.0 Å². The van der Waals surface area contributed by atoms with Gasteiger partial charge in [0.25, 0.3) is 11.4 Å². The molecule has 0 saturated carbocycles. The summed E-state index contributed by atoms with van der Waals surface area (Å²) in [7, 11) is 1.29. The number of ether oxygens (including phenoxy) is 7. The van der Waals surface area contributed by atoms with Gasteiger partial charge in [-0.2, -0.15) is 0 Å². The monoisotopic (exact) mass is 519 g/mol. The quantitative estimate of drug-likeness (QED) is 0.0943. The summed E-state index contributed by atoms with van der Waals surface area (Å²) in [6.07, 6.45) is 0. The lowest BCUT2D eigenvalue weighted by atomic mass is 10.2. The lowest BCUT2D eigenvalue weighted by Gasteiger charge is -2.09. The lowest BCUT2D eigenvalue weighted by Crippen LogP contribution is -2.16. The zero-order valence-corrected chi connectivity index (χ0v) is 20.2.